The Morgan fingerprint density at radius 1 is 1.36 bits per heavy atom. The molecule has 0 fully saturated rings. The highest BCUT2D eigenvalue weighted by Crippen LogP contribution is 2.21. The van der Waals surface area contributed by atoms with E-state index in [1.165, 1.54) is 6.42 Å². The highest BCUT2D eigenvalue weighted by Gasteiger charge is 2.16. The summed E-state index contributed by atoms with van der Waals surface area (Å²) in [5.41, 5.74) is 0.922. The Kier molecular flexibility index (Phi) is 2.53. The maximum Gasteiger partial charge on any atom is 0.223 e. The van der Waals surface area contributed by atoms with Crippen molar-refractivity contribution in [1.29, 1.82) is 0 Å². The van der Waals surface area contributed by atoms with E-state index in [-0.39, 0.29) is 5.78 Å². The molecule has 1 aliphatic rings. The van der Waals surface area contributed by atoms with Crippen molar-refractivity contribution in [2.45, 2.75) is 32.6 Å². The van der Waals surface area contributed by atoms with Crippen molar-refractivity contribution in [1.82, 2.24) is 0 Å². The van der Waals surface area contributed by atoms with Gasteiger partial charge in [-0.15, -0.1) is 0 Å². The summed E-state index contributed by atoms with van der Waals surface area (Å²) < 4.78 is 5.31. The number of carbonyl (C=O) groups excluding carboxylic acids is 1. The SMILES string of the molecule is Cc1ccc(C(=O)C2=CCCCC2)o1. The third kappa shape index (κ3) is 1.79. The van der Waals surface area contributed by atoms with Crippen LogP contribution in [-0.2, 0) is 0 Å². The summed E-state index contributed by atoms with van der Waals surface area (Å²) in [5.74, 6) is 1.35. The standard InChI is InChI=1S/C12H14O2/c1-9-7-8-11(14-9)12(13)10-5-3-2-4-6-10/h5,7-8H,2-4,6H2,1H3. The van der Waals surface area contributed by atoms with Crippen molar-refractivity contribution in [3.8, 4) is 0 Å². The first-order chi connectivity index (χ1) is 6.77. The molecule has 0 saturated heterocycles. The zero-order valence-electron chi connectivity index (χ0n) is 8.38. The van der Waals surface area contributed by atoms with Gasteiger partial charge in [-0.3, -0.25) is 4.79 Å². The number of hydrogen-bond acceptors (Lipinski definition) is 2. The number of ketones is 1. The zero-order chi connectivity index (χ0) is 9.97. The van der Waals surface area contributed by atoms with Gasteiger partial charge < -0.3 is 4.42 Å². The molecule has 2 nitrogen and oxygen atoms in total. The predicted molar refractivity (Wildman–Crippen MR) is 54.3 cm³/mol. The number of allylic oxidation sites excluding steroid dienone is 2. The number of hydrogen-bond donors (Lipinski definition) is 0. The van der Waals surface area contributed by atoms with Crippen molar-refractivity contribution >= 4 is 5.78 Å². The number of furan rings is 1. The van der Waals surface area contributed by atoms with Crippen LogP contribution in [0.3, 0.4) is 0 Å². The molecule has 1 aromatic heterocycles. The zero-order valence-corrected chi connectivity index (χ0v) is 8.38. The molecule has 2 rings (SSSR count). The van der Waals surface area contributed by atoms with Crippen molar-refractivity contribution in [2.24, 2.45) is 0 Å². The Bertz CT molecular complexity index is 371. The molecule has 1 heterocycles. The smallest absolute Gasteiger partial charge is 0.223 e. The van der Waals surface area contributed by atoms with E-state index in [4.69, 9.17) is 4.42 Å². The second kappa shape index (κ2) is 3.82. The lowest BCUT2D eigenvalue weighted by Crippen LogP contribution is -2.05. The molecule has 0 aromatic carbocycles. The summed E-state index contributed by atoms with van der Waals surface area (Å²) in [6.07, 6.45) is 6.30. The van der Waals surface area contributed by atoms with Gasteiger partial charge in [-0.2, -0.15) is 0 Å². The number of carbonyl (C=O) groups is 1. The van der Waals surface area contributed by atoms with E-state index in [0.717, 1.165) is 30.6 Å². The topological polar surface area (TPSA) is 30.2 Å². The molecule has 14 heavy (non-hydrogen) atoms. The van der Waals surface area contributed by atoms with Crippen LogP contribution in [0.2, 0.25) is 0 Å². The van der Waals surface area contributed by atoms with Gasteiger partial charge in [0.2, 0.25) is 5.78 Å². The molecular formula is C12H14O2. The minimum atomic E-state index is 0.0674. The average Bonchev–Trinajstić information content (AvgIpc) is 2.65. The van der Waals surface area contributed by atoms with Crippen LogP contribution < -0.4 is 0 Å². The number of rotatable bonds is 2. The van der Waals surface area contributed by atoms with Crippen LogP contribution in [0.5, 0.6) is 0 Å². The molecule has 0 spiro atoms. The van der Waals surface area contributed by atoms with E-state index in [1.54, 1.807) is 6.07 Å². The Balaban J connectivity index is 2.19. The predicted octanol–water partition coefficient (Wildman–Crippen LogP) is 3.27. The fraction of sp³-hybridized carbons (Fsp3) is 0.417. The molecular weight excluding hydrogens is 176 g/mol. The van der Waals surface area contributed by atoms with Crippen LogP contribution >= 0.6 is 0 Å². The largest absolute Gasteiger partial charge is 0.458 e. The summed E-state index contributed by atoms with van der Waals surface area (Å²) in [5, 5.41) is 0. The molecule has 0 amide bonds. The first-order valence-electron chi connectivity index (χ1n) is 5.07. The maximum absolute atomic E-state index is 11.9. The lowest BCUT2D eigenvalue weighted by atomic mass is 9.95. The monoisotopic (exact) mass is 190 g/mol. The van der Waals surface area contributed by atoms with Crippen LogP contribution in [0, 0.1) is 6.92 Å². The third-order valence-electron chi connectivity index (χ3n) is 2.55. The lowest BCUT2D eigenvalue weighted by molar-refractivity contribution is 0.0997. The average molecular weight is 190 g/mol. The van der Waals surface area contributed by atoms with E-state index in [1.807, 2.05) is 19.1 Å². The summed E-state index contributed by atoms with van der Waals surface area (Å²) >= 11 is 0. The second-order valence-corrected chi connectivity index (χ2v) is 3.71. The molecule has 1 aliphatic carbocycles. The van der Waals surface area contributed by atoms with E-state index in [2.05, 4.69) is 0 Å². The van der Waals surface area contributed by atoms with E-state index in [0.29, 0.717) is 5.76 Å². The Morgan fingerprint density at radius 3 is 2.79 bits per heavy atom. The maximum atomic E-state index is 11.9. The van der Waals surface area contributed by atoms with Crippen LogP contribution in [0.1, 0.15) is 42.0 Å². The second-order valence-electron chi connectivity index (χ2n) is 3.71. The minimum Gasteiger partial charge on any atom is -0.458 e. The fourth-order valence-electron chi connectivity index (χ4n) is 1.76. The Hall–Kier alpha value is -1.31. The van der Waals surface area contributed by atoms with Gasteiger partial charge >= 0.3 is 0 Å². The lowest BCUT2D eigenvalue weighted by Gasteiger charge is -2.09. The molecule has 1 aromatic rings. The quantitative estimate of drug-likeness (QED) is 0.670. The van der Waals surface area contributed by atoms with Crippen molar-refractivity contribution < 1.29 is 9.21 Å². The Labute approximate surface area is 83.6 Å². The van der Waals surface area contributed by atoms with Gasteiger partial charge in [0, 0.05) is 0 Å². The van der Waals surface area contributed by atoms with E-state index < -0.39 is 0 Å². The molecule has 2 heteroatoms. The summed E-state index contributed by atoms with van der Waals surface area (Å²) in [6.45, 7) is 1.85. The van der Waals surface area contributed by atoms with Crippen LogP contribution in [0.25, 0.3) is 0 Å². The van der Waals surface area contributed by atoms with Crippen molar-refractivity contribution in [3.63, 3.8) is 0 Å². The normalized spacial score (nSPS) is 16.5. The van der Waals surface area contributed by atoms with E-state index in [9.17, 15) is 4.79 Å². The van der Waals surface area contributed by atoms with Gasteiger partial charge in [0.15, 0.2) is 5.76 Å². The van der Waals surface area contributed by atoms with Crippen molar-refractivity contribution in [3.05, 3.63) is 35.3 Å². The molecule has 0 N–H and O–H groups in total. The van der Waals surface area contributed by atoms with Gasteiger partial charge in [-0.05, 0) is 50.3 Å². The molecule has 0 aliphatic heterocycles. The molecule has 0 bridgehead atoms. The molecule has 0 atom stereocenters. The van der Waals surface area contributed by atoms with Crippen molar-refractivity contribution in [2.75, 3.05) is 0 Å². The highest BCUT2D eigenvalue weighted by atomic mass is 16.3. The van der Waals surface area contributed by atoms with Crippen LogP contribution in [0.15, 0.2) is 28.2 Å². The van der Waals surface area contributed by atoms with Gasteiger partial charge in [0.1, 0.15) is 5.76 Å². The highest BCUT2D eigenvalue weighted by molar-refractivity contribution is 6.06. The van der Waals surface area contributed by atoms with E-state index >= 15 is 0 Å². The summed E-state index contributed by atoms with van der Waals surface area (Å²) in [6, 6.07) is 3.59. The fourth-order valence-corrected chi connectivity index (χ4v) is 1.76. The molecule has 0 unspecified atom stereocenters. The third-order valence-corrected chi connectivity index (χ3v) is 2.55. The van der Waals surface area contributed by atoms with Crippen LogP contribution in [-0.4, -0.2) is 5.78 Å². The first-order valence-corrected chi connectivity index (χ1v) is 5.07. The molecule has 74 valence electrons. The van der Waals surface area contributed by atoms with Gasteiger partial charge in [0.05, 0.1) is 0 Å². The Morgan fingerprint density at radius 2 is 2.21 bits per heavy atom. The molecule has 0 saturated carbocycles. The number of aryl methyl sites for hydroxylation is 1. The minimum absolute atomic E-state index is 0.0674. The van der Waals surface area contributed by atoms with Crippen LogP contribution in [0.4, 0.5) is 0 Å². The van der Waals surface area contributed by atoms with Gasteiger partial charge in [-0.1, -0.05) is 6.08 Å². The summed E-state index contributed by atoms with van der Waals surface area (Å²) in [7, 11) is 0. The first kappa shape index (κ1) is 9.25. The van der Waals surface area contributed by atoms with Gasteiger partial charge in [0.25, 0.3) is 0 Å². The molecule has 0 radical (unpaired) electrons. The summed E-state index contributed by atoms with van der Waals surface area (Å²) in [4.78, 5) is 11.9. The van der Waals surface area contributed by atoms with Gasteiger partial charge in [-0.25, -0.2) is 0 Å². The number of Topliss-reactive ketones (excluding diaryl/α,β-unsaturated/α-hetero) is 1.